The van der Waals surface area contributed by atoms with Gasteiger partial charge in [-0.25, -0.2) is 0 Å². The lowest BCUT2D eigenvalue weighted by Crippen LogP contribution is -2.29. The van der Waals surface area contributed by atoms with Gasteiger partial charge in [-0.05, 0) is 69.8 Å². The molecule has 1 aliphatic rings. The first-order valence-corrected chi connectivity index (χ1v) is 7.32. The maximum atomic E-state index is 11.8. The molecule has 0 radical (unpaired) electrons. The average Bonchev–Trinajstić information content (AvgIpc) is 3.16. The number of halogens is 1. The van der Waals surface area contributed by atoms with Crippen LogP contribution >= 0.6 is 12.4 Å². The van der Waals surface area contributed by atoms with Crippen LogP contribution < -0.4 is 15.4 Å². The Hall–Kier alpha value is -1.26. The fourth-order valence-electron chi connectivity index (χ4n) is 2.03. The number of benzene rings is 1. The number of aryl methyl sites for hydroxylation is 1. The first-order chi connectivity index (χ1) is 9.54. The van der Waals surface area contributed by atoms with Gasteiger partial charge in [0, 0.05) is 5.69 Å². The predicted molar refractivity (Wildman–Crippen MR) is 88.4 cm³/mol. The Bertz CT molecular complexity index is 473. The minimum atomic E-state index is 0. The summed E-state index contributed by atoms with van der Waals surface area (Å²) in [6.07, 6.45) is 2.75. The third-order valence-corrected chi connectivity index (χ3v) is 3.24. The van der Waals surface area contributed by atoms with Gasteiger partial charge in [0.05, 0.1) is 12.6 Å². The van der Waals surface area contributed by atoms with Crippen molar-refractivity contribution in [2.75, 3.05) is 18.4 Å². The van der Waals surface area contributed by atoms with E-state index in [0.717, 1.165) is 29.5 Å². The second-order valence-corrected chi connectivity index (χ2v) is 5.77. The minimum Gasteiger partial charge on any atom is -0.491 e. The van der Waals surface area contributed by atoms with Gasteiger partial charge >= 0.3 is 0 Å². The Morgan fingerprint density at radius 2 is 2.10 bits per heavy atom. The number of nitrogens with one attached hydrogen (secondary N) is 2. The van der Waals surface area contributed by atoms with Crippen LogP contribution in [0.15, 0.2) is 18.2 Å². The zero-order chi connectivity index (χ0) is 14.5. The zero-order valence-electron chi connectivity index (χ0n) is 12.9. The number of ether oxygens (including phenoxy) is 1. The Balaban J connectivity index is 0.00000220. The molecule has 0 saturated heterocycles. The van der Waals surface area contributed by atoms with Crippen LogP contribution in [0.2, 0.25) is 0 Å². The molecule has 2 rings (SSSR count). The standard InChI is InChI=1S/C16H24N2O2.ClH/c1-11(2)20-15-7-6-14(8-12(15)3)18-16(19)10-17-9-13-4-5-13;/h6-8,11,13,17H,4-5,9-10H2,1-3H3,(H,18,19);1H. The van der Waals surface area contributed by atoms with Crippen molar-refractivity contribution in [2.45, 2.75) is 39.7 Å². The Morgan fingerprint density at radius 3 is 2.67 bits per heavy atom. The summed E-state index contributed by atoms with van der Waals surface area (Å²) in [6.45, 7) is 7.31. The van der Waals surface area contributed by atoms with Gasteiger partial charge in [0.15, 0.2) is 0 Å². The summed E-state index contributed by atoms with van der Waals surface area (Å²) in [4.78, 5) is 11.8. The molecule has 1 fully saturated rings. The molecular weight excluding hydrogens is 288 g/mol. The van der Waals surface area contributed by atoms with E-state index in [-0.39, 0.29) is 24.4 Å². The SMILES string of the molecule is Cc1cc(NC(=O)CNCC2CC2)ccc1OC(C)C.Cl. The van der Waals surface area contributed by atoms with Gasteiger partial charge in [0.2, 0.25) is 5.91 Å². The molecule has 0 unspecified atom stereocenters. The van der Waals surface area contributed by atoms with E-state index in [2.05, 4.69) is 10.6 Å². The molecule has 4 nitrogen and oxygen atoms in total. The van der Waals surface area contributed by atoms with Crippen LogP contribution in [0.1, 0.15) is 32.3 Å². The molecule has 0 bridgehead atoms. The topological polar surface area (TPSA) is 50.4 Å². The van der Waals surface area contributed by atoms with Crippen molar-refractivity contribution in [3.05, 3.63) is 23.8 Å². The number of hydrogen-bond donors (Lipinski definition) is 2. The van der Waals surface area contributed by atoms with Crippen LogP contribution in [-0.4, -0.2) is 25.1 Å². The number of rotatable bonds is 7. The Labute approximate surface area is 133 Å². The second-order valence-electron chi connectivity index (χ2n) is 5.77. The molecule has 1 aromatic carbocycles. The van der Waals surface area contributed by atoms with E-state index >= 15 is 0 Å². The largest absolute Gasteiger partial charge is 0.491 e. The molecule has 118 valence electrons. The van der Waals surface area contributed by atoms with Crippen LogP contribution in [-0.2, 0) is 4.79 Å². The molecule has 1 aromatic rings. The lowest BCUT2D eigenvalue weighted by atomic mass is 10.2. The molecule has 0 aliphatic heterocycles. The van der Waals surface area contributed by atoms with Gasteiger partial charge in [0.1, 0.15) is 5.75 Å². The molecule has 0 heterocycles. The van der Waals surface area contributed by atoms with E-state index in [1.807, 2.05) is 39.0 Å². The van der Waals surface area contributed by atoms with Crippen LogP contribution in [0, 0.1) is 12.8 Å². The van der Waals surface area contributed by atoms with Gasteiger partial charge in [-0.2, -0.15) is 0 Å². The van der Waals surface area contributed by atoms with Crippen molar-refractivity contribution in [1.29, 1.82) is 0 Å². The quantitative estimate of drug-likeness (QED) is 0.813. The number of carbonyl (C=O) groups excluding carboxylic acids is 1. The highest BCUT2D eigenvalue weighted by molar-refractivity contribution is 5.92. The Morgan fingerprint density at radius 1 is 1.38 bits per heavy atom. The summed E-state index contributed by atoms with van der Waals surface area (Å²) < 4.78 is 5.68. The van der Waals surface area contributed by atoms with E-state index in [4.69, 9.17) is 4.74 Å². The van der Waals surface area contributed by atoms with Crippen LogP contribution in [0.5, 0.6) is 5.75 Å². The summed E-state index contributed by atoms with van der Waals surface area (Å²) in [6, 6.07) is 5.72. The van der Waals surface area contributed by atoms with Crippen LogP contribution in [0.25, 0.3) is 0 Å². The maximum absolute atomic E-state index is 11.8. The van der Waals surface area contributed by atoms with Gasteiger partial charge in [-0.3, -0.25) is 4.79 Å². The van der Waals surface area contributed by atoms with Crippen molar-refractivity contribution >= 4 is 24.0 Å². The molecule has 0 aromatic heterocycles. The summed E-state index contributed by atoms with van der Waals surface area (Å²) in [5.41, 5.74) is 1.85. The first kappa shape index (κ1) is 17.8. The van der Waals surface area contributed by atoms with Crippen molar-refractivity contribution in [3.8, 4) is 5.75 Å². The van der Waals surface area contributed by atoms with Gasteiger partial charge < -0.3 is 15.4 Å². The van der Waals surface area contributed by atoms with Crippen LogP contribution in [0.4, 0.5) is 5.69 Å². The lowest BCUT2D eigenvalue weighted by Gasteiger charge is -2.14. The molecule has 21 heavy (non-hydrogen) atoms. The van der Waals surface area contributed by atoms with Crippen molar-refractivity contribution in [1.82, 2.24) is 5.32 Å². The highest BCUT2D eigenvalue weighted by Crippen LogP contribution is 2.27. The highest BCUT2D eigenvalue weighted by atomic mass is 35.5. The van der Waals surface area contributed by atoms with Crippen molar-refractivity contribution < 1.29 is 9.53 Å². The minimum absolute atomic E-state index is 0. The third-order valence-electron chi connectivity index (χ3n) is 3.24. The van der Waals surface area contributed by atoms with E-state index in [9.17, 15) is 4.79 Å². The van der Waals surface area contributed by atoms with Gasteiger partial charge in [-0.1, -0.05) is 0 Å². The molecule has 0 atom stereocenters. The van der Waals surface area contributed by atoms with E-state index in [1.165, 1.54) is 12.8 Å². The average molecular weight is 313 g/mol. The number of hydrogen-bond acceptors (Lipinski definition) is 3. The Kier molecular flexibility index (Phi) is 6.99. The smallest absolute Gasteiger partial charge is 0.238 e. The molecule has 2 N–H and O–H groups in total. The summed E-state index contributed by atoms with van der Waals surface area (Å²) in [5.74, 6) is 1.66. The molecule has 5 heteroatoms. The number of amides is 1. The highest BCUT2D eigenvalue weighted by Gasteiger charge is 2.20. The molecule has 1 amide bonds. The van der Waals surface area contributed by atoms with Gasteiger partial charge in [-0.15, -0.1) is 12.4 Å². The van der Waals surface area contributed by atoms with Crippen molar-refractivity contribution in [3.63, 3.8) is 0 Å². The fraction of sp³-hybridized carbons (Fsp3) is 0.562. The van der Waals surface area contributed by atoms with E-state index < -0.39 is 0 Å². The van der Waals surface area contributed by atoms with Crippen LogP contribution in [0.3, 0.4) is 0 Å². The first-order valence-electron chi connectivity index (χ1n) is 7.32. The summed E-state index contributed by atoms with van der Waals surface area (Å²) >= 11 is 0. The maximum Gasteiger partial charge on any atom is 0.238 e. The lowest BCUT2D eigenvalue weighted by molar-refractivity contribution is -0.115. The third kappa shape index (κ3) is 6.36. The molecule has 0 spiro atoms. The summed E-state index contributed by atoms with van der Waals surface area (Å²) in [7, 11) is 0. The van der Waals surface area contributed by atoms with Crippen molar-refractivity contribution in [2.24, 2.45) is 5.92 Å². The summed E-state index contributed by atoms with van der Waals surface area (Å²) in [5, 5.41) is 6.08. The van der Waals surface area contributed by atoms with E-state index in [1.54, 1.807) is 0 Å². The molecular formula is C16H25ClN2O2. The second kappa shape index (κ2) is 8.25. The number of anilines is 1. The monoisotopic (exact) mass is 312 g/mol. The van der Waals surface area contributed by atoms with E-state index in [0.29, 0.717) is 6.54 Å². The zero-order valence-corrected chi connectivity index (χ0v) is 13.8. The van der Waals surface area contributed by atoms with Gasteiger partial charge in [0.25, 0.3) is 0 Å². The number of carbonyl (C=O) groups is 1. The molecule has 1 aliphatic carbocycles. The fourth-order valence-corrected chi connectivity index (χ4v) is 2.03. The molecule has 1 saturated carbocycles. The predicted octanol–water partition coefficient (Wildman–Crippen LogP) is 3.14. The normalized spacial score (nSPS) is 13.7.